The molecule has 0 saturated carbocycles. The fourth-order valence-electron chi connectivity index (χ4n) is 1.16. The highest BCUT2D eigenvalue weighted by Gasteiger charge is 2.14. The van der Waals surface area contributed by atoms with Gasteiger partial charge in [-0.05, 0) is 12.8 Å². The zero-order valence-corrected chi connectivity index (χ0v) is 9.23. The number of rotatable bonds is 7. The third-order valence-electron chi connectivity index (χ3n) is 1.86. The standard InChI is InChI=1S/C8H20N2O2S/c1-3-5-8(4-2)10-13(11,12)7-6-9/h8,10H,3-7,9H2,1-2H3. The first-order chi connectivity index (χ1) is 6.05. The Morgan fingerprint density at radius 2 is 2.00 bits per heavy atom. The average Bonchev–Trinajstić information content (AvgIpc) is 2.03. The minimum atomic E-state index is -3.14. The summed E-state index contributed by atoms with van der Waals surface area (Å²) in [5.74, 6) is 0.0210. The second-order valence-corrected chi connectivity index (χ2v) is 4.99. The molecule has 1 atom stereocenters. The lowest BCUT2D eigenvalue weighted by atomic mass is 10.1. The Morgan fingerprint density at radius 3 is 2.38 bits per heavy atom. The fraction of sp³-hybridized carbons (Fsp3) is 1.00. The van der Waals surface area contributed by atoms with Crippen LogP contribution in [-0.2, 0) is 10.0 Å². The Kier molecular flexibility index (Phi) is 6.28. The number of hydrogen-bond donors (Lipinski definition) is 2. The van der Waals surface area contributed by atoms with Crippen LogP contribution in [0.15, 0.2) is 0 Å². The Hall–Kier alpha value is -0.130. The minimum absolute atomic E-state index is 0.0210. The van der Waals surface area contributed by atoms with Crippen molar-refractivity contribution in [3.63, 3.8) is 0 Å². The topological polar surface area (TPSA) is 72.2 Å². The molecule has 0 aliphatic heterocycles. The normalized spacial score (nSPS) is 14.4. The van der Waals surface area contributed by atoms with Crippen LogP contribution in [0.2, 0.25) is 0 Å². The smallest absolute Gasteiger partial charge is 0.213 e. The van der Waals surface area contributed by atoms with Crippen molar-refractivity contribution < 1.29 is 8.42 Å². The Bertz CT molecular complexity index is 214. The van der Waals surface area contributed by atoms with E-state index in [1.165, 1.54) is 0 Å². The van der Waals surface area contributed by atoms with Crippen molar-refractivity contribution in [1.82, 2.24) is 4.72 Å². The van der Waals surface area contributed by atoms with E-state index in [9.17, 15) is 8.42 Å². The highest BCUT2D eigenvalue weighted by Crippen LogP contribution is 2.02. The van der Waals surface area contributed by atoms with Gasteiger partial charge in [0.15, 0.2) is 0 Å². The second kappa shape index (κ2) is 6.34. The zero-order valence-electron chi connectivity index (χ0n) is 8.41. The lowest BCUT2D eigenvalue weighted by Gasteiger charge is -2.15. The third-order valence-corrected chi connectivity index (χ3v) is 3.33. The molecule has 0 radical (unpaired) electrons. The van der Waals surface area contributed by atoms with Gasteiger partial charge in [-0.2, -0.15) is 0 Å². The molecular weight excluding hydrogens is 188 g/mol. The summed E-state index contributed by atoms with van der Waals surface area (Å²) >= 11 is 0. The van der Waals surface area contributed by atoms with Gasteiger partial charge in [0.1, 0.15) is 0 Å². The molecular formula is C8H20N2O2S. The molecule has 0 aromatic heterocycles. The predicted molar refractivity (Wildman–Crippen MR) is 55.0 cm³/mol. The van der Waals surface area contributed by atoms with Gasteiger partial charge in [-0.25, -0.2) is 13.1 Å². The molecule has 0 heterocycles. The summed E-state index contributed by atoms with van der Waals surface area (Å²) in [6.45, 7) is 4.20. The average molecular weight is 208 g/mol. The Labute approximate surface area is 80.9 Å². The summed E-state index contributed by atoms with van der Waals surface area (Å²) in [5, 5.41) is 0. The third kappa shape index (κ3) is 6.01. The maximum atomic E-state index is 11.3. The molecule has 4 nitrogen and oxygen atoms in total. The summed E-state index contributed by atoms with van der Waals surface area (Å²) in [6, 6.07) is 0.0709. The lowest BCUT2D eigenvalue weighted by Crippen LogP contribution is -2.37. The second-order valence-electron chi connectivity index (χ2n) is 3.12. The van der Waals surface area contributed by atoms with Gasteiger partial charge in [0.2, 0.25) is 10.0 Å². The minimum Gasteiger partial charge on any atom is -0.329 e. The Balaban J connectivity index is 4.06. The van der Waals surface area contributed by atoms with Crippen LogP contribution in [0.4, 0.5) is 0 Å². The van der Waals surface area contributed by atoms with Gasteiger partial charge < -0.3 is 5.73 Å². The molecule has 0 aromatic carbocycles. The molecule has 0 aromatic rings. The van der Waals surface area contributed by atoms with Crippen molar-refractivity contribution in [3.8, 4) is 0 Å². The van der Waals surface area contributed by atoms with Crippen LogP contribution in [-0.4, -0.2) is 26.8 Å². The summed E-state index contributed by atoms with van der Waals surface area (Å²) in [5.41, 5.74) is 5.19. The Morgan fingerprint density at radius 1 is 1.38 bits per heavy atom. The molecule has 0 bridgehead atoms. The van der Waals surface area contributed by atoms with Gasteiger partial charge in [-0.3, -0.25) is 0 Å². The first-order valence-electron chi connectivity index (χ1n) is 4.75. The first-order valence-corrected chi connectivity index (χ1v) is 6.41. The lowest BCUT2D eigenvalue weighted by molar-refractivity contribution is 0.512. The quantitative estimate of drug-likeness (QED) is 0.638. The van der Waals surface area contributed by atoms with E-state index in [0.717, 1.165) is 19.3 Å². The van der Waals surface area contributed by atoms with Crippen LogP contribution < -0.4 is 10.5 Å². The molecule has 3 N–H and O–H groups in total. The van der Waals surface area contributed by atoms with Gasteiger partial charge >= 0.3 is 0 Å². The highest BCUT2D eigenvalue weighted by atomic mass is 32.2. The summed E-state index contributed by atoms with van der Waals surface area (Å²) in [7, 11) is -3.14. The van der Waals surface area contributed by atoms with Crippen molar-refractivity contribution in [1.29, 1.82) is 0 Å². The van der Waals surface area contributed by atoms with Crippen LogP contribution in [0.5, 0.6) is 0 Å². The van der Waals surface area contributed by atoms with Gasteiger partial charge in [0.05, 0.1) is 5.75 Å². The predicted octanol–water partition coefficient (Wildman–Crippen LogP) is 0.443. The van der Waals surface area contributed by atoms with E-state index in [-0.39, 0.29) is 18.3 Å². The molecule has 0 rings (SSSR count). The molecule has 0 aliphatic carbocycles. The fourth-order valence-corrected chi connectivity index (χ4v) is 2.38. The van der Waals surface area contributed by atoms with Crippen LogP contribution >= 0.6 is 0 Å². The van der Waals surface area contributed by atoms with E-state index in [0.29, 0.717) is 0 Å². The number of nitrogens with one attached hydrogen (secondary N) is 1. The van der Waals surface area contributed by atoms with Crippen molar-refractivity contribution in [2.24, 2.45) is 5.73 Å². The first kappa shape index (κ1) is 12.9. The van der Waals surface area contributed by atoms with Gasteiger partial charge in [-0.15, -0.1) is 0 Å². The van der Waals surface area contributed by atoms with E-state index < -0.39 is 10.0 Å². The van der Waals surface area contributed by atoms with E-state index in [4.69, 9.17) is 5.73 Å². The molecule has 5 heteroatoms. The SMILES string of the molecule is CCCC(CC)NS(=O)(=O)CCN. The van der Waals surface area contributed by atoms with Gasteiger partial charge in [0.25, 0.3) is 0 Å². The molecule has 0 spiro atoms. The molecule has 0 aliphatic rings. The van der Waals surface area contributed by atoms with Crippen molar-refractivity contribution in [3.05, 3.63) is 0 Å². The van der Waals surface area contributed by atoms with Gasteiger partial charge in [-0.1, -0.05) is 20.3 Å². The van der Waals surface area contributed by atoms with Crippen LogP contribution in [0.3, 0.4) is 0 Å². The largest absolute Gasteiger partial charge is 0.329 e. The number of hydrogen-bond acceptors (Lipinski definition) is 3. The van der Waals surface area contributed by atoms with E-state index in [1.54, 1.807) is 0 Å². The summed E-state index contributed by atoms with van der Waals surface area (Å²) in [4.78, 5) is 0. The molecule has 0 saturated heterocycles. The number of nitrogens with two attached hydrogens (primary N) is 1. The van der Waals surface area contributed by atoms with E-state index in [2.05, 4.69) is 4.72 Å². The maximum absolute atomic E-state index is 11.3. The monoisotopic (exact) mass is 208 g/mol. The van der Waals surface area contributed by atoms with Crippen molar-refractivity contribution >= 4 is 10.0 Å². The molecule has 13 heavy (non-hydrogen) atoms. The number of sulfonamides is 1. The van der Waals surface area contributed by atoms with Gasteiger partial charge in [0, 0.05) is 12.6 Å². The highest BCUT2D eigenvalue weighted by molar-refractivity contribution is 7.89. The summed E-state index contributed by atoms with van der Waals surface area (Å²) in [6.07, 6.45) is 2.71. The molecule has 80 valence electrons. The van der Waals surface area contributed by atoms with Crippen molar-refractivity contribution in [2.75, 3.05) is 12.3 Å². The molecule has 1 unspecified atom stereocenters. The van der Waals surface area contributed by atoms with E-state index >= 15 is 0 Å². The molecule has 0 fully saturated rings. The van der Waals surface area contributed by atoms with E-state index in [1.807, 2.05) is 13.8 Å². The van der Waals surface area contributed by atoms with Crippen LogP contribution in [0.1, 0.15) is 33.1 Å². The zero-order chi connectivity index (χ0) is 10.3. The maximum Gasteiger partial charge on any atom is 0.213 e. The molecule has 0 amide bonds. The van der Waals surface area contributed by atoms with Crippen LogP contribution in [0.25, 0.3) is 0 Å². The van der Waals surface area contributed by atoms with Crippen LogP contribution in [0, 0.1) is 0 Å². The summed E-state index contributed by atoms with van der Waals surface area (Å²) < 4.78 is 25.2. The van der Waals surface area contributed by atoms with Crippen molar-refractivity contribution in [2.45, 2.75) is 39.2 Å².